The summed E-state index contributed by atoms with van der Waals surface area (Å²) in [6, 6.07) is -0.744. The van der Waals surface area contributed by atoms with E-state index in [1.807, 2.05) is 48.6 Å². The summed E-state index contributed by atoms with van der Waals surface area (Å²) >= 11 is 0. The zero-order chi connectivity index (χ0) is 45.6. The van der Waals surface area contributed by atoms with Gasteiger partial charge in [0.2, 0.25) is 0 Å². The number of hydrogen-bond acceptors (Lipinski definition) is 7. The summed E-state index contributed by atoms with van der Waals surface area (Å²) < 4.78 is 17.1. The molecule has 0 saturated carbocycles. The molecule has 0 amide bonds. The lowest BCUT2D eigenvalue weighted by Gasteiger charge is -2.34. The molecule has 348 valence electrons. The topological polar surface area (TPSA) is 102 Å². The van der Waals surface area contributed by atoms with Crippen molar-refractivity contribution in [3.8, 4) is 0 Å². The molecule has 0 bridgehead atoms. The molecule has 0 rings (SSSR count). The third-order valence-electron chi connectivity index (χ3n) is 9.72. The minimum Gasteiger partial charge on any atom is -0.544 e. The lowest BCUT2D eigenvalue weighted by atomic mass is 10.1. The number of carboxylic acid groups (broad SMARTS) is 1. The number of carbonyl (C=O) groups excluding carboxylic acids is 3. The molecule has 0 fully saturated rings. The maximum Gasteiger partial charge on any atom is 0.306 e. The van der Waals surface area contributed by atoms with Crippen LogP contribution < -0.4 is 5.11 Å². The largest absolute Gasteiger partial charge is 0.544 e. The molecule has 0 aliphatic heterocycles. The second kappa shape index (κ2) is 43.4. The first kappa shape index (κ1) is 57.7. The quantitative estimate of drug-likeness (QED) is 0.0199. The molecule has 0 N–H and O–H groups in total. The number of carboxylic acids is 1. The van der Waals surface area contributed by atoms with Gasteiger partial charge < -0.3 is 28.6 Å². The van der Waals surface area contributed by atoms with Crippen LogP contribution in [-0.4, -0.2) is 75.5 Å². The summed E-state index contributed by atoms with van der Waals surface area (Å²) in [4.78, 5) is 36.9. The number of likely N-dealkylation sites (N-methyl/N-ethyl adjacent to an activating group) is 1. The van der Waals surface area contributed by atoms with Gasteiger partial charge in [-0.15, -0.1) is 0 Å². The van der Waals surface area contributed by atoms with Crippen LogP contribution in [0.15, 0.2) is 122 Å². The average Bonchev–Trinajstić information content (AvgIpc) is 3.23. The Bertz CT molecular complexity index is 1420. The molecule has 0 heterocycles. The van der Waals surface area contributed by atoms with Gasteiger partial charge >= 0.3 is 11.9 Å². The number of aliphatic carboxylic acids is 1. The van der Waals surface area contributed by atoms with Gasteiger partial charge in [0, 0.05) is 19.3 Å². The van der Waals surface area contributed by atoms with Crippen LogP contribution in [0, 0.1) is 0 Å². The Morgan fingerprint density at radius 2 is 0.935 bits per heavy atom. The lowest BCUT2D eigenvalue weighted by molar-refractivity contribution is -0.889. The van der Waals surface area contributed by atoms with Crippen molar-refractivity contribution in [2.75, 3.05) is 41.0 Å². The van der Waals surface area contributed by atoms with E-state index in [-0.39, 0.29) is 49.1 Å². The van der Waals surface area contributed by atoms with Crippen LogP contribution in [0.3, 0.4) is 0 Å². The number of hydrogen-bond donors (Lipinski definition) is 0. The van der Waals surface area contributed by atoms with Crippen LogP contribution in [0.25, 0.3) is 0 Å². The standard InChI is InChI=1S/C54H85NO7/c1-6-8-10-12-14-16-18-20-22-23-24-25-26-27-28-29-31-32-34-36-38-40-42-44-52(56)61-49-50(48-60-47-46-51(54(58)59)55(3,4)5)62-53(57)45-43-41-39-37-35-33-30-21-19-17-15-13-11-9-7-2/h8-11,13-17,19-22,24-25,27-28,30,33,35,50-51H,6-7,12,18,23,26,29,31-32,34,36-49H2,1-5H3/b10-8+,11-9+,15-13+,16-14+,19-17+,22-20+,25-24+,28-27+,30-21+,35-33+. The minimum atomic E-state index is -1.14. The summed E-state index contributed by atoms with van der Waals surface area (Å²) in [6.45, 7) is 4.32. The molecule has 0 aromatic carbocycles. The molecule has 8 heteroatoms. The fourth-order valence-electron chi connectivity index (χ4n) is 6.12. The van der Waals surface area contributed by atoms with Crippen LogP contribution in [0.2, 0.25) is 0 Å². The van der Waals surface area contributed by atoms with E-state index < -0.39 is 18.1 Å². The molecule has 0 saturated heterocycles. The van der Waals surface area contributed by atoms with Gasteiger partial charge in [-0.05, 0) is 77.0 Å². The van der Waals surface area contributed by atoms with E-state index in [1.54, 1.807) is 21.1 Å². The number of allylic oxidation sites excluding steroid dienone is 20. The molecule has 0 aromatic heterocycles. The van der Waals surface area contributed by atoms with Gasteiger partial charge in [0.1, 0.15) is 12.6 Å². The number of nitrogens with zero attached hydrogens (tertiary/aromatic N) is 1. The SMILES string of the molecule is CC/C=C/C=C/C=C/C=C/C=C/CCCCCC(=O)OC(COCCC(C(=O)[O-])[N+](C)(C)C)COC(=O)CCCCCCCCC/C=C/C/C=C/C/C=C/C/C=C/C/C=C/CC. The molecule has 2 atom stereocenters. The first-order valence-corrected chi connectivity index (χ1v) is 23.6. The highest BCUT2D eigenvalue weighted by atomic mass is 16.6. The Morgan fingerprint density at radius 1 is 0.500 bits per heavy atom. The first-order valence-electron chi connectivity index (χ1n) is 23.6. The zero-order valence-electron chi connectivity index (χ0n) is 39.5. The number of esters is 2. The molecular weight excluding hydrogens is 775 g/mol. The predicted molar refractivity (Wildman–Crippen MR) is 258 cm³/mol. The Morgan fingerprint density at radius 3 is 1.47 bits per heavy atom. The second-order valence-electron chi connectivity index (χ2n) is 16.3. The second-order valence-corrected chi connectivity index (χ2v) is 16.3. The van der Waals surface area contributed by atoms with Crippen LogP contribution in [0.4, 0.5) is 0 Å². The molecule has 0 aromatic rings. The lowest BCUT2D eigenvalue weighted by Crippen LogP contribution is -2.55. The number of carbonyl (C=O) groups is 3. The van der Waals surface area contributed by atoms with E-state index in [0.717, 1.165) is 89.9 Å². The van der Waals surface area contributed by atoms with Crippen molar-refractivity contribution < 1.29 is 38.2 Å². The van der Waals surface area contributed by atoms with Crippen LogP contribution in [0.5, 0.6) is 0 Å². The molecular formula is C54H85NO7. The normalized spacial score (nSPS) is 14.0. The third kappa shape index (κ3) is 41.1. The number of rotatable bonds is 40. The molecule has 0 radical (unpaired) electrons. The summed E-state index contributed by atoms with van der Waals surface area (Å²) in [6.07, 6.45) is 60.8. The summed E-state index contributed by atoms with van der Waals surface area (Å²) in [5.41, 5.74) is 0. The Kier molecular flexibility index (Phi) is 40.4. The van der Waals surface area contributed by atoms with Crippen molar-refractivity contribution in [1.82, 2.24) is 0 Å². The molecule has 8 nitrogen and oxygen atoms in total. The maximum absolute atomic E-state index is 12.7. The highest BCUT2D eigenvalue weighted by Gasteiger charge is 2.25. The van der Waals surface area contributed by atoms with Crippen molar-refractivity contribution in [3.63, 3.8) is 0 Å². The van der Waals surface area contributed by atoms with Gasteiger partial charge in [0.15, 0.2) is 6.10 Å². The van der Waals surface area contributed by atoms with E-state index in [9.17, 15) is 19.5 Å². The van der Waals surface area contributed by atoms with Crippen molar-refractivity contribution in [1.29, 1.82) is 0 Å². The third-order valence-corrected chi connectivity index (χ3v) is 9.72. The van der Waals surface area contributed by atoms with Crippen molar-refractivity contribution >= 4 is 17.9 Å². The maximum atomic E-state index is 12.7. The monoisotopic (exact) mass is 860 g/mol. The minimum absolute atomic E-state index is 0.0106. The number of quaternary nitrogens is 1. The predicted octanol–water partition coefficient (Wildman–Crippen LogP) is 12.1. The van der Waals surface area contributed by atoms with Gasteiger partial charge in [-0.25, -0.2) is 0 Å². The van der Waals surface area contributed by atoms with E-state index in [1.165, 1.54) is 19.3 Å². The van der Waals surface area contributed by atoms with Gasteiger partial charge in [0.25, 0.3) is 0 Å². The van der Waals surface area contributed by atoms with E-state index in [0.29, 0.717) is 12.8 Å². The van der Waals surface area contributed by atoms with E-state index in [2.05, 4.69) is 86.8 Å². The Hall–Kier alpha value is -4.27. The number of unbranched alkanes of at least 4 members (excludes halogenated alkanes) is 10. The summed E-state index contributed by atoms with van der Waals surface area (Å²) in [5, 5.41) is 11.6. The summed E-state index contributed by atoms with van der Waals surface area (Å²) in [7, 11) is 5.37. The van der Waals surface area contributed by atoms with Gasteiger partial charge in [-0.3, -0.25) is 9.59 Å². The summed E-state index contributed by atoms with van der Waals surface area (Å²) in [5.74, 6) is -1.82. The van der Waals surface area contributed by atoms with Crippen molar-refractivity contribution in [2.24, 2.45) is 0 Å². The average molecular weight is 860 g/mol. The fourth-order valence-corrected chi connectivity index (χ4v) is 6.12. The number of ether oxygens (including phenoxy) is 3. The van der Waals surface area contributed by atoms with Crippen molar-refractivity contribution in [2.45, 2.75) is 161 Å². The van der Waals surface area contributed by atoms with Crippen LogP contribution >= 0.6 is 0 Å². The fraction of sp³-hybridized carbons (Fsp3) is 0.574. The first-order chi connectivity index (χ1) is 30.1. The molecule has 0 spiro atoms. The smallest absolute Gasteiger partial charge is 0.306 e. The molecule has 2 unspecified atom stereocenters. The van der Waals surface area contributed by atoms with Crippen LogP contribution in [-0.2, 0) is 28.6 Å². The Labute approximate surface area is 378 Å². The molecule has 62 heavy (non-hydrogen) atoms. The molecule has 0 aliphatic carbocycles. The van der Waals surface area contributed by atoms with Crippen LogP contribution in [0.1, 0.15) is 149 Å². The van der Waals surface area contributed by atoms with Gasteiger partial charge in [-0.2, -0.15) is 0 Å². The van der Waals surface area contributed by atoms with Crippen molar-refractivity contribution in [3.05, 3.63) is 122 Å². The molecule has 0 aliphatic rings. The van der Waals surface area contributed by atoms with Gasteiger partial charge in [0.05, 0.1) is 40.3 Å². The zero-order valence-corrected chi connectivity index (χ0v) is 39.5. The highest BCUT2D eigenvalue weighted by Crippen LogP contribution is 2.13. The van der Waals surface area contributed by atoms with E-state index in [4.69, 9.17) is 14.2 Å². The Balaban J connectivity index is 4.38. The van der Waals surface area contributed by atoms with Gasteiger partial charge in [-0.1, -0.05) is 174 Å². The van der Waals surface area contributed by atoms with E-state index >= 15 is 0 Å². The highest BCUT2D eigenvalue weighted by molar-refractivity contribution is 5.70.